The molecule has 188 valence electrons. The van der Waals surface area contributed by atoms with Gasteiger partial charge in [-0.2, -0.15) is 0 Å². The lowest BCUT2D eigenvalue weighted by atomic mass is 10.1. The lowest BCUT2D eigenvalue weighted by Crippen LogP contribution is -2.27. The zero-order valence-electron chi connectivity index (χ0n) is 19.8. The van der Waals surface area contributed by atoms with Crippen molar-refractivity contribution in [1.82, 2.24) is 4.90 Å². The van der Waals surface area contributed by atoms with Crippen LogP contribution in [0.1, 0.15) is 11.1 Å². The molecule has 10 heteroatoms. The Bertz CT molecular complexity index is 1390. The first-order valence-electron chi connectivity index (χ1n) is 11.3. The van der Waals surface area contributed by atoms with Gasteiger partial charge < -0.3 is 24.3 Å². The first-order chi connectivity index (χ1) is 18.0. The second-order valence-electron chi connectivity index (χ2n) is 8.09. The number of anilines is 1. The third-order valence-corrected chi connectivity index (χ3v) is 6.93. The van der Waals surface area contributed by atoms with Gasteiger partial charge in [0.1, 0.15) is 15.8 Å². The standard InChI is InChI=1S/C27H22N2O6S2/c1-32-20-8-6-19(7-9-20)28-25(30)15-33-21-4-2-3-17(11-21)13-24-26(31)29(27(36)37-24)14-18-5-10-22-23(12-18)35-16-34-22/h2-13H,14-16H2,1H3,(H,28,30)/b24-13-. The van der Waals surface area contributed by atoms with Gasteiger partial charge in [-0.25, -0.2) is 0 Å². The molecule has 0 saturated carbocycles. The number of thioether (sulfide) groups is 1. The van der Waals surface area contributed by atoms with Crippen LogP contribution in [0.3, 0.4) is 0 Å². The topological polar surface area (TPSA) is 86.3 Å². The minimum absolute atomic E-state index is 0.160. The van der Waals surface area contributed by atoms with E-state index in [9.17, 15) is 9.59 Å². The van der Waals surface area contributed by atoms with Crippen LogP contribution in [0.25, 0.3) is 6.08 Å². The first kappa shape index (κ1) is 24.7. The molecule has 1 fully saturated rings. The van der Waals surface area contributed by atoms with Crippen LogP contribution in [-0.2, 0) is 16.1 Å². The van der Waals surface area contributed by atoms with Crippen molar-refractivity contribution in [2.75, 3.05) is 25.8 Å². The number of nitrogens with zero attached hydrogens (tertiary/aromatic N) is 1. The minimum Gasteiger partial charge on any atom is -0.497 e. The summed E-state index contributed by atoms with van der Waals surface area (Å²) in [5.41, 5.74) is 2.30. The predicted octanol–water partition coefficient (Wildman–Crippen LogP) is 4.84. The highest BCUT2D eigenvalue weighted by Crippen LogP contribution is 2.36. The number of benzene rings is 3. The van der Waals surface area contributed by atoms with Crippen LogP contribution in [-0.4, -0.2) is 41.5 Å². The molecular formula is C27H22N2O6S2. The maximum Gasteiger partial charge on any atom is 0.266 e. The van der Waals surface area contributed by atoms with Crippen LogP contribution in [0.15, 0.2) is 71.6 Å². The summed E-state index contributed by atoms with van der Waals surface area (Å²) in [6, 6.07) is 19.8. The van der Waals surface area contributed by atoms with Crippen LogP contribution >= 0.6 is 24.0 Å². The summed E-state index contributed by atoms with van der Waals surface area (Å²) >= 11 is 6.72. The molecule has 1 N–H and O–H groups in total. The van der Waals surface area contributed by atoms with Crippen molar-refractivity contribution < 1.29 is 28.5 Å². The Kier molecular flexibility index (Phi) is 7.29. The van der Waals surface area contributed by atoms with Crippen LogP contribution < -0.4 is 24.3 Å². The van der Waals surface area contributed by atoms with Gasteiger partial charge in [-0.1, -0.05) is 42.2 Å². The summed E-state index contributed by atoms with van der Waals surface area (Å²) in [4.78, 5) is 27.4. The van der Waals surface area contributed by atoms with E-state index < -0.39 is 0 Å². The van der Waals surface area contributed by atoms with E-state index in [0.29, 0.717) is 44.5 Å². The number of amides is 2. The fourth-order valence-electron chi connectivity index (χ4n) is 3.72. The third-order valence-electron chi connectivity index (χ3n) is 5.55. The Morgan fingerprint density at radius 1 is 1.08 bits per heavy atom. The lowest BCUT2D eigenvalue weighted by Gasteiger charge is -2.14. The van der Waals surface area contributed by atoms with Crippen LogP contribution in [0.4, 0.5) is 5.69 Å². The number of hydrogen-bond acceptors (Lipinski definition) is 8. The first-order valence-corrected chi connectivity index (χ1v) is 12.5. The second-order valence-corrected chi connectivity index (χ2v) is 9.77. The van der Waals surface area contributed by atoms with Crippen molar-refractivity contribution in [2.24, 2.45) is 0 Å². The maximum absolute atomic E-state index is 13.1. The monoisotopic (exact) mass is 534 g/mol. The molecule has 2 heterocycles. The number of carbonyl (C=O) groups is 2. The molecular weight excluding hydrogens is 512 g/mol. The Labute approximate surface area is 223 Å². The van der Waals surface area contributed by atoms with Gasteiger partial charge in [0.15, 0.2) is 18.1 Å². The molecule has 0 aliphatic carbocycles. The summed E-state index contributed by atoms with van der Waals surface area (Å²) in [5.74, 6) is 2.10. The van der Waals surface area contributed by atoms with E-state index in [-0.39, 0.29) is 25.2 Å². The van der Waals surface area contributed by atoms with Crippen molar-refractivity contribution in [3.8, 4) is 23.0 Å². The SMILES string of the molecule is COc1ccc(NC(=O)COc2cccc(/C=C3\SC(=S)N(Cc4ccc5c(c4)OCO5)C3=O)c2)cc1. The maximum atomic E-state index is 13.1. The molecule has 2 aliphatic rings. The number of fused-ring (bicyclic) bond motifs is 1. The molecule has 2 aliphatic heterocycles. The summed E-state index contributed by atoms with van der Waals surface area (Å²) in [7, 11) is 1.58. The molecule has 0 bridgehead atoms. The van der Waals surface area contributed by atoms with E-state index in [0.717, 1.165) is 11.1 Å². The quantitative estimate of drug-likeness (QED) is 0.325. The molecule has 3 aromatic carbocycles. The molecule has 0 unspecified atom stereocenters. The van der Waals surface area contributed by atoms with Gasteiger partial charge in [0, 0.05) is 5.69 Å². The normalized spacial score (nSPS) is 15.3. The molecule has 3 aromatic rings. The predicted molar refractivity (Wildman–Crippen MR) is 145 cm³/mol. The van der Waals surface area contributed by atoms with Gasteiger partial charge >= 0.3 is 0 Å². The van der Waals surface area contributed by atoms with Crippen molar-refractivity contribution in [3.05, 3.63) is 82.8 Å². The highest BCUT2D eigenvalue weighted by molar-refractivity contribution is 8.26. The van der Waals surface area contributed by atoms with Gasteiger partial charge in [-0.3, -0.25) is 14.5 Å². The third kappa shape index (κ3) is 5.87. The molecule has 0 radical (unpaired) electrons. The van der Waals surface area contributed by atoms with Crippen molar-refractivity contribution in [1.29, 1.82) is 0 Å². The van der Waals surface area contributed by atoms with Crippen LogP contribution in [0.2, 0.25) is 0 Å². The van der Waals surface area contributed by atoms with Gasteiger partial charge in [0.25, 0.3) is 11.8 Å². The minimum atomic E-state index is -0.292. The van der Waals surface area contributed by atoms with Gasteiger partial charge in [-0.05, 0) is 65.7 Å². The van der Waals surface area contributed by atoms with Gasteiger partial charge in [0.2, 0.25) is 6.79 Å². The zero-order chi connectivity index (χ0) is 25.8. The van der Waals surface area contributed by atoms with E-state index in [2.05, 4.69) is 5.32 Å². The summed E-state index contributed by atoms with van der Waals surface area (Å²) in [5, 5.41) is 2.77. The number of nitrogens with one attached hydrogen (secondary N) is 1. The number of methoxy groups -OCH3 is 1. The van der Waals surface area contributed by atoms with E-state index in [1.54, 1.807) is 60.6 Å². The Balaban J connectivity index is 1.20. The van der Waals surface area contributed by atoms with Crippen molar-refractivity contribution in [2.45, 2.75) is 6.54 Å². The van der Waals surface area contributed by atoms with Gasteiger partial charge in [-0.15, -0.1) is 0 Å². The van der Waals surface area contributed by atoms with E-state index >= 15 is 0 Å². The summed E-state index contributed by atoms with van der Waals surface area (Å²) in [6.07, 6.45) is 1.77. The molecule has 0 atom stereocenters. The van der Waals surface area contributed by atoms with Crippen molar-refractivity contribution in [3.63, 3.8) is 0 Å². The molecule has 0 spiro atoms. The number of hydrogen-bond donors (Lipinski definition) is 1. The van der Waals surface area contributed by atoms with E-state index in [1.165, 1.54) is 11.8 Å². The largest absolute Gasteiger partial charge is 0.497 e. The summed E-state index contributed by atoms with van der Waals surface area (Å²) < 4.78 is 22.0. The molecule has 2 amide bonds. The summed E-state index contributed by atoms with van der Waals surface area (Å²) in [6.45, 7) is 0.372. The number of rotatable bonds is 8. The average Bonchev–Trinajstić information content (AvgIpc) is 3.48. The molecule has 37 heavy (non-hydrogen) atoms. The van der Waals surface area contributed by atoms with Gasteiger partial charge in [0.05, 0.1) is 18.6 Å². The smallest absolute Gasteiger partial charge is 0.266 e. The molecule has 5 rings (SSSR count). The Morgan fingerprint density at radius 3 is 2.70 bits per heavy atom. The highest BCUT2D eigenvalue weighted by Gasteiger charge is 2.32. The van der Waals surface area contributed by atoms with Crippen molar-refractivity contribution >= 4 is 51.9 Å². The average molecular weight is 535 g/mol. The zero-order valence-corrected chi connectivity index (χ0v) is 21.4. The number of thiocarbonyl (C=S) groups is 1. The Hall–Kier alpha value is -4.02. The van der Waals surface area contributed by atoms with Crippen LogP contribution in [0, 0.1) is 0 Å². The fourth-order valence-corrected chi connectivity index (χ4v) is 4.98. The van der Waals surface area contributed by atoms with E-state index in [4.69, 9.17) is 31.2 Å². The molecule has 0 aromatic heterocycles. The lowest BCUT2D eigenvalue weighted by molar-refractivity contribution is -0.122. The van der Waals surface area contributed by atoms with E-state index in [1.807, 2.05) is 24.3 Å². The Morgan fingerprint density at radius 2 is 1.89 bits per heavy atom. The molecule has 1 saturated heterocycles. The second kappa shape index (κ2) is 10.9. The number of ether oxygens (including phenoxy) is 4. The number of carbonyl (C=O) groups excluding carboxylic acids is 2. The fraction of sp³-hybridized carbons (Fsp3) is 0.148. The highest BCUT2D eigenvalue weighted by atomic mass is 32.2. The van der Waals surface area contributed by atoms with Crippen LogP contribution in [0.5, 0.6) is 23.0 Å². The molecule has 8 nitrogen and oxygen atoms in total.